The van der Waals surface area contributed by atoms with Gasteiger partial charge in [0, 0.05) is 0 Å². The fourth-order valence-electron chi connectivity index (χ4n) is 1.75. The van der Waals surface area contributed by atoms with Crippen LogP contribution in [0.5, 0.6) is 0 Å². The summed E-state index contributed by atoms with van der Waals surface area (Å²) in [6.45, 7) is 5.49. The summed E-state index contributed by atoms with van der Waals surface area (Å²) >= 11 is 0. The van der Waals surface area contributed by atoms with Crippen LogP contribution < -0.4 is 0 Å². The normalized spacial score (nSPS) is 12.3. The molecule has 0 spiro atoms. The standard InChI is InChI=1S/C14H26O2/c1-3-4-5-6-7-8-9-10-11-12-13(2)14(15)16/h3,13H,1,4-12H2,2H3,(H,15,16). The van der Waals surface area contributed by atoms with E-state index in [-0.39, 0.29) is 5.92 Å². The zero-order chi connectivity index (χ0) is 12.2. The van der Waals surface area contributed by atoms with Crippen molar-refractivity contribution in [3.63, 3.8) is 0 Å². The van der Waals surface area contributed by atoms with Crippen molar-refractivity contribution in [3.8, 4) is 0 Å². The fraction of sp³-hybridized carbons (Fsp3) is 0.786. The van der Waals surface area contributed by atoms with Crippen LogP contribution in [0, 0.1) is 5.92 Å². The summed E-state index contributed by atoms with van der Waals surface area (Å²) in [5, 5.41) is 8.70. The van der Waals surface area contributed by atoms with Gasteiger partial charge in [-0.2, -0.15) is 0 Å². The van der Waals surface area contributed by atoms with Crippen LogP contribution in [0.3, 0.4) is 0 Å². The molecule has 0 aromatic rings. The fourth-order valence-corrected chi connectivity index (χ4v) is 1.75. The lowest BCUT2D eigenvalue weighted by atomic mass is 10.0. The van der Waals surface area contributed by atoms with Crippen molar-refractivity contribution in [3.05, 3.63) is 12.7 Å². The molecule has 0 aromatic heterocycles. The van der Waals surface area contributed by atoms with Gasteiger partial charge in [0.2, 0.25) is 0 Å². The maximum atomic E-state index is 10.6. The van der Waals surface area contributed by atoms with Gasteiger partial charge in [-0.05, 0) is 19.3 Å². The summed E-state index contributed by atoms with van der Waals surface area (Å²) < 4.78 is 0. The molecule has 0 bridgehead atoms. The van der Waals surface area contributed by atoms with Crippen LogP contribution in [0.25, 0.3) is 0 Å². The molecule has 0 aliphatic rings. The predicted molar refractivity (Wildman–Crippen MR) is 68.5 cm³/mol. The molecule has 0 heterocycles. The first-order valence-corrected chi connectivity index (χ1v) is 6.52. The minimum atomic E-state index is -0.663. The highest BCUT2D eigenvalue weighted by Crippen LogP contribution is 2.13. The zero-order valence-corrected chi connectivity index (χ0v) is 10.6. The Morgan fingerprint density at radius 2 is 1.62 bits per heavy atom. The molecule has 0 saturated carbocycles. The van der Waals surface area contributed by atoms with Gasteiger partial charge in [0.15, 0.2) is 0 Å². The second kappa shape index (κ2) is 10.7. The second-order valence-electron chi connectivity index (χ2n) is 4.58. The van der Waals surface area contributed by atoms with Crippen molar-refractivity contribution in [1.29, 1.82) is 0 Å². The Balaban J connectivity index is 3.09. The first kappa shape index (κ1) is 15.2. The van der Waals surface area contributed by atoms with E-state index < -0.39 is 5.97 Å². The van der Waals surface area contributed by atoms with E-state index in [1.165, 1.54) is 38.5 Å². The Bertz CT molecular complexity index is 187. The molecular weight excluding hydrogens is 200 g/mol. The number of rotatable bonds is 11. The number of carboxylic acids is 1. The number of aliphatic carboxylic acids is 1. The lowest BCUT2D eigenvalue weighted by molar-refractivity contribution is -0.141. The molecule has 94 valence electrons. The van der Waals surface area contributed by atoms with Crippen LogP contribution in [0.2, 0.25) is 0 Å². The van der Waals surface area contributed by atoms with Crippen LogP contribution in [-0.4, -0.2) is 11.1 Å². The average Bonchev–Trinajstić information content (AvgIpc) is 2.26. The molecular formula is C14H26O2. The lowest BCUT2D eigenvalue weighted by Gasteiger charge is -2.05. The van der Waals surface area contributed by atoms with E-state index in [1.54, 1.807) is 6.92 Å². The Kier molecular flexibility index (Phi) is 10.2. The van der Waals surface area contributed by atoms with E-state index in [0.29, 0.717) is 0 Å². The number of hydrogen-bond donors (Lipinski definition) is 1. The van der Waals surface area contributed by atoms with Crippen molar-refractivity contribution in [2.75, 3.05) is 0 Å². The molecule has 0 aliphatic carbocycles. The van der Waals surface area contributed by atoms with E-state index in [0.717, 1.165) is 19.3 Å². The highest BCUT2D eigenvalue weighted by atomic mass is 16.4. The van der Waals surface area contributed by atoms with Crippen LogP contribution in [0.15, 0.2) is 12.7 Å². The number of carbonyl (C=O) groups is 1. The van der Waals surface area contributed by atoms with Gasteiger partial charge in [0.25, 0.3) is 0 Å². The molecule has 1 atom stereocenters. The molecule has 1 unspecified atom stereocenters. The molecule has 0 saturated heterocycles. The summed E-state index contributed by atoms with van der Waals surface area (Å²) in [6, 6.07) is 0. The number of allylic oxidation sites excluding steroid dienone is 1. The number of carboxylic acid groups (broad SMARTS) is 1. The van der Waals surface area contributed by atoms with E-state index in [9.17, 15) is 4.79 Å². The summed E-state index contributed by atoms with van der Waals surface area (Å²) in [5.74, 6) is -0.836. The molecule has 2 nitrogen and oxygen atoms in total. The van der Waals surface area contributed by atoms with Crippen molar-refractivity contribution in [2.24, 2.45) is 5.92 Å². The highest BCUT2D eigenvalue weighted by Gasteiger charge is 2.09. The first-order valence-electron chi connectivity index (χ1n) is 6.52. The van der Waals surface area contributed by atoms with Crippen molar-refractivity contribution in [2.45, 2.75) is 64.7 Å². The van der Waals surface area contributed by atoms with Gasteiger partial charge in [-0.3, -0.25) is 4.79 Å². The van der Waals surface area contributed by atoms with E-state index >= 15 is 0 Å². The first-order chi connectivity index (χ1) is 7.68. The smallest absolute Gasteiger partial charge is 0.306 e. The minimum Gasteiger partial charge on any atom is -0.481 e. The molecule has 0 aliphatic heterocycles. The maximum Gasteiger partial charge on any atom is 0.306 e. The molecule has 16 heavy (non-hydrogen) atoms. The highest BCUT2D eigenvalue weighted by molar-refractivity contribution is 5.69. The van der Waals surface area contributed by atoms with E-state index in [1.807, 2.05) is 6.08 Å². The Labute approximate surface area is 99.7 Å². The molecule has 1 N–H and O–H groups in total. The predicted octanol–water partition coefficient (Wildman–Crippen LogP) is 4.40. The topological polar surface area (TPSA) is 37.3 Å². The van der Waals surface area contributed by atoms with Crippen molar-refractivity contribution >= 4 is 5.97 Å². The average molecular weight is 226 g/mol. The summed E-state index contributed by atoms with van der Waals surface area (Å²) in [4.78, 5) is 10.6. The number of unbranched alkanes of at least 4 members (excludes halogenated alkanes) is 7. The van der Waals surface area contributed by atoms with Gasteiger partial charge in [-0.25, -0.2) is 0 Å². The molecule has 0 fully saturated rings. The minimum absolute atomic E-state index is 0.174. The van der Waals surface area contributed by atoms with Gasteiger partial charge < -0.3 is 5.11 Å². The van der Waals surface area contributed by atoms with Gasteiger partial charge in [0.05, 0.1) is 5.92 Å². The Hall–Kier alpha value is -0.790. The third-order valence-corrected chi connectivity index (χ3v) is 2.97. The third-order valence-electron chi connectivity index (χ3n) is 2.97. The Morgan fingerprint density at radius 1 is 1.12 bits per heavy atom. The van der Waals surface area contributed by atoms with E-state index in [4.69, 9.17) is 5.11 Å². The SMILES string of the molecule is C=CCCCCCCCCCC(C)C(=O)O. The largest absolute Gasteiger partial charge is 0.481 e. The van der Waals surface area contributed by atoms with Crippen LogP contribution in [0.4, 0.5) is 0 Å². The summed E-state index contributed by atoms with van der Waals surface area (Å²) in [5.41, 5.74) is 0. The van der Waals surface area contributed by atoms with Gasteiger partial charge in [-0.1, -0.05) is 51.5 Å². The quantitative estimate of drug-likeness (QED) is 0.418. The van der Waals surface area contributed by atoms with Gasteiger partial charge in [0.1, 0.15) is 0 Å². The van der Waals surface area contributed by atoms with Crippen molar-refractivity contribution in [1.82, 2.24) is 0 Å². The molecule has 0 aromatic carbocycles. The monoisotopic (exact) mass is 226 g/mol. The van der Waals surface area contributed by atoms with Crippen molar-refractivity contribution < 1.29 is 9.90 Å². The van der Waals surface area contributed by atoms with E-state index in [2.05, 4.69) is 6.58 Å². The van der Waals surface area contributed by atoms with Gasteiger partial charge in [-0.15, -0.1) is 6.58 Å². The van der Waals surface area contributed by atoms with Crippen LogP contribution in [-0.2, 0) is 4.79 Å². The van der Waals surface area contributed by atoms with Gasteiger partial charge >= 0.3 is 5.97 Å². The second-order valence-corrected chi connectivity index (χ2v) is 4.58. The van der Waals surface area contributed by atoms with Crippen LogP contribution in [0.1, 0.15) is 64.7 Å². The third kappa shape index (κ3) is 9.75. The molecule has 0 rings (SSSR count). The zero-order valence-electron chi connectivity index (χ0n) is 10.6. The molecule has 2 heteroatoms. The van der Waals surface area contributed by atoms with Crippen LogP contribution >= 0.6 is 0 Å². The summed E-state index contributed by atoms with van der Waals surface area (Å²) in [7, 11) is 0. The lowest BCUT2D eigenvalue weighted by Crippen LogP contribution is -2.08. The maximum absolute atomic E-state index is 10.6. The summed E-state index contributed by atoms with van der Waals surface area (Å²) in [6.07, 6.45) is 12.6. The Morgan fingerprint density at radius 3 is 2.12 bits per heavy atom. The number of hydrogen-bond acceptors (Lipinski definition) is 1. The molecule has 0 amide bonds. The molecule has 0 radical (unpaired) electrons.